The van der Waals surface area contributed by atoms with Crippen LogP contribution in [-0.2, 0) is 19.6 Å². The van der Waals surface area contributed by atoms with Crippen LogP contribution in [0.1, 0.15) is 32.6 Å². The maximum Gasteiger partial charge on any atom is 0.303 e. The summed E-state index contributed by atoms with van der Waals surface area (Å²) < 4.78 is 25.6. The molecule has 0 saturated carbocycles. The van der Waals surface area contributed by atoms with Gasteiger partial charge < -0.3 is 10.0 Å². The number of sulfonamides is 1. The highest BCUT2D eigenvalue weighted by Crippen LogP contribution is 2.11. The number of nitrogens with zero attached hydrogens (tertiary/aromatic N) is 2. The van der Waals surface area contributed by atoms with Crippen LogP contribution in [0.15, 0.2) is 0 Å². The number of rotatable bonds is 6. The number of carboxylic acid groups (broad SMARTS) is 1. The summed E-state index contributed by atoms with van der Waals surface area (Å²) in [7, 11) is -3.43. The number of aliphatic carboxylic acids is 1. The van der Waals surface area contributed by atoms with Gasteiger partial charge in [0, 0.05) is 39.0 Å². The fraction of sp³-hybridized carbons (Fsp3) is 0.833. The topological polar surface area (TPSA) is 95.0 Å². The molecule has 1 aliphatic rings. The minimum atomic E-state index is -3.43. The van der Waals surface area contributed by atoms with Crippen LogP contribution in [0.5, 0.6) is 0 Å². The lowest BCUT2D eigenvalue weighted by Crippen LogP contribution is -2.38. The van der Waals surface area contributed by atoms with Crippen molar-refractivity contribution < 1.29 is 23.1 Å². The lowest BCUT2D eigenvalue weighted by atomic mass is 10.3. The minimum absolute atomic E-state index is 0.0372. The van der Waals surface area contributed by atoms with E-state index in [0.717, 1.165) is 0 Å². The Balaban J connectivity index is 2.54. The maximum atomic E-state index is 12.1. The molecule has 20 heavy (non-hydrogen) atoms. The van der Waals surface area contributed by atoms with Crippen LogP contribution in [0.25, 0.3) is 0 Å². The van der Waals surface area contributed by atoms with Crippen LogP contribution in [0.2, 0.25) is 0 Å². The van der Waals surface area contributed by atoms with Crippen LogP contribution in [0, 0.1) is 0 Å². The molecule has 1 aliphatic heterocycles. The number of amides is 1. The Morgan fingerprint density at radius 1 is 1.15 bits per heavy atom. The van der Waals surface area contributed by atoms with Gasteiger partial charge in [-0.1, -0.05) is 6.92 Å². The largest absolute Gasteiger partial charge is 0.481 e. The zero-order chi connectivity index (χ0) is 15.2. The van der Waals surface area contributed by atoms with Gasteiger partial charge >= 0.3 is 5.97 Å². The van der Waals surface area contributed by atoms with Crippen molar-refractivity contribution in [3.05, 3.63) is 0 Å². The molecule has 0 aliphatic carbocycles. The van der Waals surface area contributed by atoms with Crippen LogP contribution in [0.4, 0.5) is 0 Å². The Kier molecular flexibility index (Phi) is 6.41. The summed E-state index contributed by atoms with van der Waals surface area (Å²) in [5.41, 5.74) is 0. The monoisotopic (exact) mass is 306 g/mol. The van der Waals surface area contributed by atoms with E-state index in [1.165, 1.54) is 4.31 Å². The summed E-state index contributed by atoms with van der Waals surface area (Å²) in [6.07, 6.45) is 1.01. The van der Waals surface area contributed by atoms with E-state index in [9.17, 15) is 18.0 Å². The lowest BCUT2D eigenvalue weighted by Gasteiger charge is -2.21. The summed E-state index contributed by atoms with van der Waals surface area (Å²) in [5.74, 6) is -1.10. The molecule has 0 bridgehead atoms. The first kappa shape index (κ1) is 16.9. The van der Waals surface area contributed by atoms with Crippen LogP contribution >= 0.6 is 0 Å². The Morgan fingerprint density at radius 3 is 2.45 bits per heavy atom. The van der Waals surface area contributed by atoms with Crippen molar-refractivity contribution >= 4 is 21.9 Å². The second-order valence-corrected chi connectivity index (χ2v) is 6.89. The van der Waals surface area contributed by atoms with Gasteiger partial charge in [-0.25, -0.2) is 12.7 Å². The third kappa shape index (κ3) is 5.09. The summed E-state index contributed by atoms with van der Waals surface area (Å²) >= 11 is 0. The second kappa shape index (κ2) is 7.58. The van der Waals surface area contributed by atoms with E-state index < -0.39 is 16.0 Å². The van der Waals surface area contributed by atoms with Gasteiger partial charge in [-0.05, 0) is 12.8 Å². The zero-order valence-electron chi connectivity index (χ0n) is 11.7. The van der Waals surface area contributed by atoms with Crippen molar-refractivity contribution in [3.63, 3.8) is 0 Å². The summed E-state index contributed by atoms with van der Waals surface area (Å²) in [4.78, 5) is 23.7. The molecule has 0 radical (unpaired) electrons. The standard InChI is InChI=1S/C12H22N2O5S/c1-2-11(15)13-6-4-7-14(9-8-13)20(18,19)10-3-5-12(16)17/h2-10H2,1H3,(H,16,17). The van der Waals surface area contributed by atoms with Crippen molar-refractivity contribution in [2.45, 2.75) is 32.6 Å². The van der Waals surface area contributed by atoms with Gasteiger partial charge in [0.25, 0.3) is 0 Å². The number of carboxylic acids is 1. The molecule has 0 atom stereocenters. The predicted octanol–water partition coefficient (Wildman–Crippen LogP) is 0.125. The third-order valence-electron chi connectivity index (χ3n) is 3.30. The molecule has 1 rings (SSSR count). The van der Waals surface area contributed by atoms with E-state index in [0.29, 0.717) is 39.0 Å². The minimum Gasteiger partial charge on any atom is -0.481 e. The van der Waals surface area contributed by atoms with E-state index in [4.69, 9.17) is 5.11 Å². The highest BCUT2D eigenvalue weighted by Gasteiger charge is 2.26. The van der Waals surface area contributed by atoms with Crippen molar-refractivity contribution in [1.82, 2.24) is 9.21 Å². The SMILES string of the molecule is CCC(=O)N1CCCN(S(=O)(=O)CCCC(=O)O)CC1. The highest BCUT2D eigenvalue weighted by atomic mass is 32.2. The smallest absolute Gasteiger partial charge is 0.303 e. The lowest BCUT2D eigenvalue weighted by molar-refractivity contribution is -0.137. The van der Waals surface area contributed by atoms with E-state index in [1.807, 2.05) is 0 Å². The van der Waals surface area contributed by atoms with Crippen LogP contribution in [0.3, 0.4) is 0 Å². The van der Waals surface area contributed by atoms with Gasteiger partial charge in [0.15, 0.2) is 0 Å². The molecule has 0 spiro atoms. The van der Waals surface area contributed by atoms with Gasteiger partial charge in [-0.15, -0.1) is 0 Å². The Morgan fingerprint density at radius 2 is 1.85 bits per heavy atom. The van der Waals surface area contributed by atoms with Gasteiger partial charge in [-0.2, -0.15) is 0 Å². The molecule has 0 unspecified atom stereocenters. The number of hydrogen-bond acceptors (Lipinski definition) is 4. The van der Waals surface area contributed by atoms with E-state index in [2.05, 4.69) is 0 Å². The zero-order valence-corrected chi connectivity index (χ0v) is 12.6. The highest BCUT2D eigenvalue weighted by molar-refractivity contribution is 7.89. The van der Waals surface area contributed by atoms with E-state index in [1.54, 1.807) is 11.8 Å². The fourth-order valence-electron chi connectivity index (χ4n) is 2.18. The number of hydrogen-bond donors (Lipinski definition) is 1. The van der Waals surface area contributed by atoms with Gasteiger partial charge in [0.1, 0.15) is 0 Å². The van der Waals surface area contributed by atoms with Gasteiger partial charge in [-0.3, -0.25) is 9.59 Å². The van der Waals surface area contributed by atoms with Gasteiger partial charge in [0.05, 0.1) is 5.75 Å². The Bertz CT molecular complexity index is 449. The van der Waals surface area contributed by atoms with Crippen molar-refractivity contribution in [2.75, 3.05) is 31.9 Å². The molecule has 7 nitrogen and oxygen atoms in total. The van der Waals surface area contributed by atoms with Crippen LogP contribution in [-0.4, -0.2) is 66.5 Å². The van der Waals surface area contributed by atoms with Crippen molar-refractivity contribution in [1.29, 1.82) is 0 Å². The maximum absolute atomic E-state index is 12.1. The van der Waals surface area contributed by atoms with Crippen molar-refractivity contribution in [3.8, 4) is 0 Å². The van der Waals surface area contributed by atoms with E-state index >= 15 is 0 Å². The number of carbonyl (C=O) groups is 2. The molecule has 0 aromatic heterocycles. The molecule has 1 fully saturated rings. The average molecular weight is 306 g/mol. The molecule has 116 valence electrons. The molecular weight excluding hydrogens is 284 g/mol. The molecule has 1 saturated heterocycles. The quantitative estimate of drug-likeness (QED) is 0.752. The molecule has 8 heteroatoms. The second-order valence-electron chi connectivity index (χ2n) is 4.80. The van der Waals surface area contributed by atoms with E-state index in [-0.39, 0.29) is 24.5 Å². The molecule has 1 amide bonds. The molecule has 1 heterocycles. The molecule has 0 aromatic rings. The van der Waals surface area contributed by atoms with Crippen LogP contribution < -0.4 is 0 Å². The number of carbonyl (C=O) groups excluding carboxylic acids is 1. The predicted molar refractivity (Wildman–Crippen MR) is 73.7 cm³/mol. The average Bonchev–Trinajstić information content (AvgIpc) is 2.63. The third-order valence-corrected chi connectivity index (χ3v) is 5.25. The molecule has 0 aromatic carbocycles. The van der Waals surface area contributed by atoms with Crippen molar-refractivity contribution in [2.24, 2.45) is 0 Å². The molecular formula is C12H22N2O5S. The Hall–Kier alpha value is -1.15. The fourth-order valence-corrected chi connectivity index (χ4v) is 3.71. The first-order valence-corrected chi connectivity index (χ1v) is 8.45. The first-order chi connectivity index (χ1) is 9.36. The molecule has 1 N–H and O–H groups in total. The Labute approximate surface area is 119 Å². The summed E-state index contributed by atoms with van der Waals surface area (Å²) in [5, 5.41) is 8.54. The summed E-state index contributed by atoms with van der Waals surface area (Å²) in [6.45, 7) is 3.45. The van der Waals surface area contributed by atoms with Gasteiger partial charge in [0.2, 0.25) is 15.9 Å². The normalized spacial score (nSPS) is 17.8. The summed E-state index contributed by atoms with van der Waals surface area (Å²) in [6, 6.07) is 0. The first-order valence-electron chi connectivity index (χ1n) is 6.84.